The minimum atomic E-state index is 0.129. The van der Waals surface area contributed by atoms with Gasteiger partial charge in [0, 0.05) is 31.4 Å². The molecule has 1 fully saturated rings. The summed E-state index contributed by atoms with van der Waals surface area (Å²) >= 11 is 5.81. The number of carbonyl (C=O) groups is 1. The lowest BCUT2D eigenvalue weighted by Gasteiger charge is -2.15. The van der Waals surface area contributed by atoms with Gasteiger partial charge in [-0.25, -0.2) is 4.98 Å². The predicted octanol–water partition coefficient (Wildman–Crippen LogP) is 3.58. The number of hydrogen-bond acceptors (Lipinski definition) is 3. The van der Waals surface area contributed by atoms with E-state index in [4.69, 9.17) is 11.6 Å². The third-order valence-corrected chi connectivity index (χ3v) is 3.99. The maximum atomic E-state index is 12.4. The second-order valence-corrected chi connectivity index (χ2v) is 5.85. The number of nitrogens with one attached hydrogen (secondary N) is 1. The summed E-state index contributed by atoms with van der Waals surface area (Å²) in [6, 6.07) is 11.4. The summed E-state index contributed by atoms with van der Waals surface area (Å²) in [5.74, 6) is 0.893. The van der Waals surface area contributed by atoms with Crippen molar-refractivity contribution in [3.8, 4) is 0 Å². The number of rotatable bonds is 4. The molecule has 2 aromatic rings. The van der Waals surface area contributed by atoms with Crippen LogP contribution in [-0.2, 0) is 6.54 Å². The molecule has 22 heavy (non-hydrogen) atoms. The van der Waals surface area contributed by atoms with Gasteiger partial charge in [-0.15, -0.1) is 0 Å². The first kappa shape index (κ1) is 14.9. The summed E-state index contributed by atoms with van der Waals surface area (Å²) in [4.78, 5) is 18.5. The second kappa shape index (κ2) is 6.79. The number of pyridine rings is 1. The summed E-state index contributed by atoms with van der Waals surface area (Å²) in [5.41, 5.74) is 1.81. The van der Waals surface area contributed by atoms with Gasteiger partial charge < -0.3 is 10.2 Å². The van der Waals surface area contributed by atoms with Crippen LogP contribution in [-0.4, -0.2) is 28.9 Å². The van der Waals surface area contributed by atoms with Gasteiger partial charge in [-0.3, -0.25) is 4.79 Å². The van der Waals surface area contributed by atoms with Crippen molar-refractivity contribution in [2.45, 2.75) is 19.4 Å². The Hall–Kier alpha value is -2.07. The fourth-order valence-electron chi connectivity index (χ4n) is 2.59. The molecular formula is C17H18ClN3O. The Kier molecular flexibility index (Phi) is 4.59. The van der Waals surface area contributed by atoms with Crippen LogP contribution in [0.1, 0.15) is 28.8 Å². The number of carbonyl (C=O) groups excluding carboxylic acids is 1. The van der Waals surface area contributed by atoms with E-state index in [0.29, 0.717) is 11.6 Å². The van der Waals surface area contributed by atoms with E-state index in [2.05, 4.69) is 10.3 Å². The van der Waals surface area contributed by atoms with Gasteiger partial charge >= 0.3 is 0 Å². The Labute approximate surface area is 135 Å². The number of nitrogens with zero attached hydrogens (tertiary/aromatic N) is 2. The van der Waals surface area contributed by atoms with E-state index in [-0.39, 0.29) is 5.91 Å². The first-order chi connectivity index (χ1) is 10.7. The average Bonchev–Trinajstić information content (AvgIpc) is 3.08. The number of aromatic nitrogens is 1. The minimum absolute atomic E-state index is 0.129. The largest absolute Gasteiger partial charge is 0.366 e. The number of halogens is 1. The van der Waals surface area contributed by atoms with E-state index >= 15 is 0 Å². The van der Waals surface area contributed by atoms with Crippen LogP contribution >= 0.6 is 11.6 Å². The predicted molar refractivity (Wildman–Crippen MR) is 88.2 cm³/mol. The van der Waals surface area contributed by atoms with Gasteiger partial charge in [0.05, 0.1) is 5.02 Å². The zero-order valence-electron chi connectivity index (χ0n) is 12.3. The van der Waals surface area contributed by atoms with Crippen molar-refractivity contribution < 1.29 is 4.79 Å². The molecule has 1 aliphatic rings. The molecule has 0 atom stereocenters. The van der Waals surface area contributed by atoms with Crippen LogP contribution in [0.3, 0.4) is 0 Å². The summed E-state index contributed by atoms with van der Waals surface area (Å²) < 4.78 is 0. The fourth-order valence-corrected chi connectivity index (χ4v) is 2.70. The molecule has 1 saturated heterocycles. The van der Waals surface area contributed by atoms with Crippen LogP contribution in [0.5, 0.6) is 0 Å². The Morgan fingerprint density at radius 2 is 2.05 bits per heavy atom. The van der Waals surface area contributed by atoms with Gasteiger partial charge in [-0.05, 0) is 42.7 Å². The van der Waals surface area contributed by atoms with Crippen molar-refractivity contribution in [2.75, 3.05) is 18.4 Å². The van der Waals surface area contributed by atoms with Crippen LogP contribution in [0.15, 0.2) is 42.6 Å². The molecule has 1 amide bonds. The number of likely N-dealkylation sites (tertiary alicyclic amines) is 1. The normalized spacial score (nSPS) is 14.1. The monoisotopic (exact) mass is 315 g/mol. The van der Waals surface area contributed by atoms with E-state index in [9.17, 15) is 4.79 Å². The molecule has 114 valence electrons. The van der Waals surface area contributed by atoms with Crippen molar-refractivity contribution in [2.24, 2.45) is 0 Å². The molecule has 0 radical (unpaired) electrons. The SMILES string of the molecule is O=C(c1cccc(CNc2ccc(Cl)cn2)c1)N1CCCC1. The first-order valence-corrected chi connectivity index (χ1v) is 7.84. The molecule has 0 unspecified atom stereocenters. The van der Waals surface area contributed by atoms with Crippen molar-refractivity contribution >= 4 is 23.3 Å². The third kappa shape index (κ3) is 3.57. The Balaban J connectivity index is 1.65. The van der Waals surface area contributed by atoms with Crippen LogP contribution in [0.25, 0.3) is 0 Å². The Morgan fingerprint density at radius 3 is 2.77 bits per heavy atom. The van der Waals surface area contributed by atoms with Gasteiger partial charge in [0.1, 0.15) is 5.82 Å². The fraction of sp³-hybridized carbons (Fsp3) is 0.294. The van der Waals surface area contributed by atoms with Crippen LogP contribution in [0, 0.1) is 0 Å². The molecule has 2 heterocycles. The lowest BCUT2D eigenvalue weighted by Crippen LogP contribution is -2.27. The van der Waals surface area contributed by atoms with E-state index in [1.165, 1.54) is 0 Å². The van der Waals surface area contributed by atoms with Gasteiger partial charge in [-0.1, -0.05) is 23.7 Å². The molecular weight excluding hydrogens is 298 g/mol. The number of benzene rings is 1. The van der Waals surface area contributed by atoms with Crippen molar-refractivity contribution in [3.05, 3.63) is 58.7 Å². The Morgan fingerprint density at radius 1 is 1.23 bits per heavy atom. The summed E-state index contributed by atoms with van der Waals surface area (Å²) in [5, 5.41) is 3.84. The summed E-state index contributed by atoms with van der Waals surface area (Å²) in [6.45, 7) is 2.36. The van der Waals surface area contributed by atoms with Crippen molar-refractivity contribution in [1.82, 2.24) is 9.88 Å². The van der Waals surface area contributed by atoms with Crippen LogP contribution in [0.4, 0.5) is 5.82 Å². The van der Waals surface area contributed by atoms with Gasteiger partial charge in [-0.2, -0.15) is 0 Å². The number of hydrogen-bond donors (Lipinski definition) is 1. The maximum Gasteiger partial charge on any atom is 0.253 e. The molecule has 4 nitrogen and oxygen atoms in total. The molecule has 5 heteroatoms. The number of amides is 1. The summed E-state index contributed by atoms with van der Waals surface area (Å²) in [6.07, 6.45) is 3.82. The highest BCUT2D eigenvalue weighted by molar-refractivity contribution is 6.30. The molecule has 0 spiro atoms. The lowest BCUT2D eigenvalue weighted by atomic mass is 10.1. The summed E-state index contributed by atoms with van der Waals surface area (Å²) in [7, 11) is 0. The molecule has 0 bridgehead atoms. The Bertz CT molecular complexity index is 651. The first-order valence-electron chi connectivity index (χ1n) is 7.46. The third-order valence-electron chi connectivity index (χ3n) is 3.77. The van der Waals surface area contributed by atoms with Crippen molar-refractivity contribution in [3.63, 3.8) is 0 Å². The van der Waals surface area contributed by atoms with Crippen LogP contribution in [0.2, 0.25) is 5.02 Å². The van der Waals surface area contributed by atoms with E-state index in [1.807, 2.05) is 35.2 Å². The van der Waals surface area contributed by atoms with E-state index in [0.717, 1.165) is 42.9 Å². The smallest absolute Gasteiger partial charge is 0.253 e. The highest BCUT2D eigenvalue weighted by atomic mass is 35.5. The van der Waals surface area contributed by atoms with Crippen molar-refractivity contribution in [1.29, 1.82) is 0 Å². The highest BCUT2D eigenvalue weighted by Crippen LogP contribution is 2.15. The standard InChI is InChI=1S/C17H18ClN3O/c18-15-6-7-16(20-12-15)19-11-13-4-3-5-14(10-13)17(22)21-8-1-2-9-21/h3-7,10,12H,1-2,8-9,11H2,(H,19,20). The van der Waals surface area contributed by atoms with Crippen LogP contribution < -0.4 is 5.32 Å². The van der Waals surface area contributed by atoms with Gasteiger partial charge in [0.25, 0.3) is 5.91 Å². The van der Waals surface area contributed by atoms with E-state index < -0.39 is 0 Å². The molecule has 0 aliphatic carbocycles. The minimum Gasteiger partial charge on any atom is -0.366 e. The van der Waals surface area contributed by atoms with E-state index in [1.54, 1.807) is 12.3 Å². The molecule has 1 aromatic heterocycles. The molecule has 1 aromatic carbocycles. The zero-order valence-corrected chi connectivity index (χ0v) is 13.0. The second-order valence-electron chi connectivity index (χ2n) is 5.41. The van der Waals surface area contributed by atoms with Gasteiger partial charge in [0.2, 0.25) is 0 Å². The molecule has 1 aliphatic heterocycles. The highest BCUT2D eigenvalue weighted by Gasteiger charge is 2.19. The average molecular weight is 316 g/mol. The molecule has 1 N–H and O–H groups in total. The molecule has 3 rings (SSSR count). The maximum absolute atomic E-state index is 12.4. The zero-order chi connectivity index (χ0) is 15.4. The molecule has 0 saturated carbocycles. The number of anilines is 1. The quantitative estimate of drug-likeness (QED) is 0.938. The van der Waals surface area contributed by atoms with Gasteiger partial charge in [0.15, 0.2) is 0 Å². The topological polar surface area (TPSA) is 45.2 Å². The lowest BCUT2D eigenvalue weighted by molar-refractivity contribution is 0.0792.